The van der Waals surface area contributed by atoms with E-state index in [1.165, 1.54) is 6.07 Å². The van der Waals surface area contributed by atoms with Crippen LogP contribution in [0.2, 0.25) is 0 Å². The van der Waals surface area contributed by atoms with Gasteiger partial charge in [0, 0.05) is 19.2 Å². The Morgan fingerprint density at radius 3 is 2.27 bits per heavy atom. The maximum atomic E-state index is 10.9. The van der Waals surface area contributed by atoms with Crippen LogP contribution in [-0.4, -0.2) is 30.9 Å². The SMILES string of the molecule is FCC(F)(F)F.N#[N+]c1ccc(N2CCCC2)c([N+](=O)[O-])c1. The van der Waals surface area contributed by atoms with Crippen molar-refractivity contribution in [1.82, 2.24) is 0 Å². The highest BCUT2D eigenvalue weighted by Crippen LogP contribution is 2.33. The van der Waals surface area contributed by atoms with E-state index in [0.717, 1.165) is 25.9 Å². The Morgan fingerprint density at radius 1 is 1.32 bits per heavy atom. The van der Waals surface area contributed by atoms with Crippen molar-refractivity contribution < 1.29 is 22.5 Å². The first-order valence-electron chi connectivity index (χ1n) is 6.29. The van der Waals surface area contributed by atoms with Crippen molar-refractivity contribution in [3.05, 3.63) is 33.3 Å². The van der Waals surface area contributed by atoms with E-state index >= 15 is 0 Å². The van der Waals surface area contributed by atoms with E-state index in [-0.39, 0.29) is 11.4 Å². The molecule has 0 spiro atoms. The third-order valence-corrected chi connectivity index (χ3v) is 2.87. The monoisotopic (exact) mass is 321 g/mol. The summed E-state index contributed by atoms with van der Waals surface area (Å²) in [4.78, 5) is 15.4. The third-order valence-electron chi connectivity index (χ3n) is 2.87. The average molecular weight is 321 g/mol. The molecule has 0 bridgehead atoms. The van der Waals surface area contributed by atoms with Crippen molar-refractivity contribution in [2.75, 3.05) is 24.7 Å². The Hall–Kier alpha value is -2.44. The quantitative estimate of drug-likeness (QED) is 0.354. The van der Waals surface area contributed by atoms with E-state index < -0.39 is 17.8 Å². The van der Waals surface area contributed by atoms with E-state index in [1.54, 1.807) is 12.1 Å². The van der Waals surface area contributed by atoms with Crippen LogP contribution in [0.3, 0.4) is 0 Å². The van der Waals surface area contributed by atoms with Gasteiger partial charge in [-0.15, -0.1) is 0 Å². The predicted molar refractivity (Wildman–Crippen MR) is 71.3 cm³/mol. The second-order valence-corrected chi connectivity index (χ2v) is 4.47. The summed E-state index contributed by atoms with van der Waals surface area (Å²) in [6.45, 7) is -0.542. The maximum absolute atomic E-state index is 10.9. The van der Waals surface area contributed by atoms with Crippen LogP contribution in [0.5, 0.6) is 0 Å². The lowest BCUT2D eigenvalue weighted by atomic mass is 10.2. The second-order valence-electron chi connectivity index (χ2n) is 4.47. The molecule has 1 aromatic rings. The standard InChI is InChI=1S/C10H11N4O2.C2H2F4/c11-12-8-3-4-9(10(7-8)14(15)16)13-5-1-2-6-13;3-1-2(4,5)6/h3-4,7H,1-2,5-6H2;1H2/q+1;. The zero-order valence-corrected chi connectivity index (χ0v) is 11.4. The number of alkyl halides is 4. The summed E-state index contributed by atoms with van der Waals surface area (Å²) >= 11 is 0. The second kappa shape index (κ2) is 7.53. The number of nitro groups is 1. The number of anilines is 1. The Kier molecular flexibility index (Phi) is 6.03. The predicted octanol–water partition coefficient (Wildman–Crippen LogP) is 4.20. The normalized spacial score (nSPS) is 14.0. The van der Waals surface area contributed by atoms with Crippen LogP contribution in [-0.2, 0) is 0 Å². The molecule has 120 valence electrons. The fourth-order valence-corrected chi connectivity index (χ4v) is 1.95. The molecule has 1 aliphatic rings. The van der Waals surface area contributed by atoms with Gasteiger partial charge in [-0.3, -0.25) is 10.1 Å². The van der Waals surface area contributed by atoms with Gasteiger partial charge in [0.1, 0.15) is 11.8 Å². The van der Waals surface area contributed by atoms with E-state index in [4.69, 9.17) is 5.39 Å². The molecular formula is C12H13F4N4O2+. The zero-order valence-electron chi connectivity index (χ0n) is 11.4. The Balaban J connectivity index is 0.000000346. The summed E-state index contributed by atoms with van der Waals surface area (Å²) < 4.78 is 41.6. The number of hydrogen-bond acceptors (Lipinski definition) is 4. The van der Waals surface area contributed by atoms with Crippen molar-refractivity contribution in [1.29, 1.82) is 5.39 Å². The van der Waals surface area contributed by atoms with Gasteiger partial charge in [-0.2, -0.15) is 13.2 Å². The molecule has 2 rings (SSSR count). The largest absolute Gasteiger partial charge is 0.416 e. The van der Waals surface area contributed by atoms with Gasteiger partial charge >= 0.3 is 17.6 Å². The molecule has 0 aromatic heterocycles. The molecule has 22 heavy (non-hydrogen) atoms. The minimum atomic E-state index is -4.62. The molecule has 1 heterocycles. The van der Waals surface area contributed by atoms with E-state index in [0.29, 0.717) is 5.69 Å². The molecule has 1 saturated heterocycles. The number of hydrogen-bond donors (Lipinski definition) is 0. The number of rotatable bonds is 2. The first-order valence-corrected chi connectivity index (χ1v) is 6.29. The van der Waals surface area contributed by atoms with Crippen LogP contribution in [0.25, 0.3) is 4.98 Å². The molecule has 0 saturated carbocycles. The highest BCUT2D eigenvalue weighted by Gasteiger charge is 2.26. The van der Waals surface area contributed by atoms with Gasteiger partial charge in [-0.1, -0.05) is 0 Å². The Bertz CT molecular complexity index is 565. The number of halogens is 4. The van der Waals surface area contributed by atoms with Crippen LogP contribution in [0, 0.1) is 15.5 Å². The Labute approximate surface area is 123 Å². The lowest BCUT2D eigenvalue weighted by molar-refractivity contribution is -0.384. The molecule has 0 atom stereocenters. The molecule has 1 aromatic carbocycles. The summed E-state index contributed by atoms with van der Waals surface area (Å²) in [5, 5.41) is 19.5. The van der Waals surface area contributed by atoms with Crippen LogP contribution in [0.15, 0.2) is 18.2 Å². The van der Waals surface area contributed by atoms with E-state index in [9.17, 15) is 27.7 Å². The van der Waals surface area contributed by atoms with Gasteiger partial charge in [0.15, 0.2) is 11.7 Å². The first kappa shape index (κ1) is 17.6. The summed E-state index contributed by atoms with van der Waals surface area (Å²) in [6, 6.07) is 4.49. The lowest BCUT2D eigenvalue weighted by Gasteiger charge is -2.16. The summed E-state index contributed by atoms with van der Waals surface area (Å²) in [6.07, 6.45) is -2.51. The molecule has 0 aliphatic carbocycles. The topological polar surface area (TPSA) is 74.5 Å². The molecule has 0 unspecified atom stereocenters. The molecule has 0 N–H and O–H groups in total. The van der Waals surface area contributed by atoms with Crippen molar-refractivity contribution in [3.63, 3.8) is 0 Å². The average Bonchev–Trinajstić information content (AvgIpc) is 3.00. The smallest absolute Gasteiger partial charge is 0.366 e. The Morgan fingerprint density at radius 2 is 1.86 bits per heavy atom. The lowest BCUT2D eigenvalue weighted by Crippen LogP contribution is -2.18. The van der Waals surface area contributed by atoms with Crippen LogP contribution < -0.4 is 4.90 Å². The van der Waals surface area contributed by atoms with Crippen LogP contribution in [0.1, 0.15) is 12.8 Å². The molecule has 1 aliphatic heterocycles. The van der Waals surface area contributed by atoms with Gasteiger partial charge in [0.2, 0.25) is 5.39 Å². The number of nitro benzene ring substituents is 1. The van der Waals surface area contributed by atoms with Crippen LogP contribution >= 0.6 is 0 Å². The van der Waals surface area contributed by atoms with Crippen molar-refractivity contribution >= 4 is 17.1 Å². The zero-order chi connectivity index (χ0) is 16.8. The summed E-state index contributed by atoms with van der Waals surface area (Å²) in [5.74, 6) is 0. The van der Waals surface area contributed by atoms with Crippen molar-refractivity contribution in [2.45, 2.75) is 19.0 Å². The van der Waals surface area contributed by atoms with Gasteiger partial charge in [-0.25, -0.2) is 4.39 Å². The number of benzene rings is 1. The fourth-order valence-electron chi connectivity index (χ4n) is 1.95. The molecule has 10 heteroatoms. The summed E-state index contributed by atoms with van der Waals surface area (Å²) in [7, 11) is 0. The van der Waals surface area contributed by atoms with Gasteiger partial charge in [0.05, 0.1) is 4.92 Å². The highest BCUT2D eigenvalue weighted by molar-refractivity contribution is 5.69. The summed E-state index contributed by atoms with van der Waals surface area (Å²) in [5.41, 5.74) is 0.807. The van der Waals surface area contributed by atoms with Crippen LogP contribution in [0.4, 0.5) is 34.6 Å². The highest BCUT2D eigenvalue weighted by atomic mass is 19.4. The first-order chi connectivity index (χ1) is 10.3. The number of diazo groups is 1. The van der Waals surface area contributed by atoms with Gasteiger partial charge < -0.3 is 4.90 Å². The molecule has 0 amide bonds. The number of nitrogens with zero attached hydrogens (tertiary/aromatic N) is 4. The van der Waals surface area contributed by atoms with Gasteiger partial charge in [-0.05, 0) is 18.9 Å². The minimum Gasteiger partial charge on any atom is -0.366 e. The molecule has 0 radical (unpaired) electrons. The minimum absolute atomic E-state index is 0.00259. The third kappa shape index (κ3) is 5.16. The fraction of sp³-hybridized carbons (Fsp3) is 0.500. The van der Waals surface area contributed by atoms with E-state index in [1.807, 2.05) is 4.90 Å². The van der Waals surface area contributed by atoms with Crippen molar-refractivity contribution in [2.24, 2.45) is 0 Å². The van der Waals surface area contributed by atoms with Crippen molar-refractivity contribution in [3.8, 4) is 0 Å². The molecular weight excluding hydrogens is 308 g/mol. The molecule has 1 fully saturated rings. The van der Waals surface area contributed by atoms with E-state index in [2.05, 4.69) is 4.98 Å². The molecule has 6 nitrogen and oxygen atoms in total. The maximum Gasteiger partial charge on any atom is 0.416 e. The van der Waals surface area contributed by atoms with Gasteiger partial charge in [0.25, 0.3) is 0 Å².